The summed E-state index contributed by atoms with van der Waals surface area (Å²) in [5, 5.41) is 14.3. The second-order valence-corrected chi connectivity index (χ2v) is 3.60. The Balaban J connectivity index is 2.30. The standard InChI is InChI=1S/C10H10N4O3/c1-13(2)10-11-9(12-17-10)7-3-5-8(6-4-7)14(15)16/h3-6H,1-2H3. The van der Waals surface area contributed by atoms with Crippen LogP contribution in [0.2, 0.25) is 0 Å². The molecule has 7 nitrogen and oxygen atoms in total. The fourth-order valence-electron chi connectivity index (χ4n) is 1.25. The molecule has 0 saturated carbocycles. The van der Waals surface area contributed by atoms with Crippen LogP contribution < -0.4 is 4.90 Å². The molecule has 0 amide bonds. The summed E-state index contributed by atoms with van der Waals surface area (Å²) in [6, 6.07) is 6.37. The van der Waals surface area contributed by atoms with E-state index in [1.54, 1.807) is 31.1 Å². The zero-order valence-electron chi connectivity index (χ0n) is 9.32. The minimum absolute atomic E-state index is 0.0325. The van der Waals surface area contributed by atoms with E-state index < -0.39 is 4.92 Å². The number of nitro benzene ring substituents is 1. The molecule has 88 valence electrons. The molecule has 0 fully saturated rings. The number of anilines is 1. The molecule has 2 aromatic rings. The first kappa shape index (κ1) is 11.1. The first-order chi connectivity index (χ1) is 8.08. The van der Waals surface area contributed by atoms with E-state index in [-0.39, 0.29) is 5.69 Å². The van der Waals surface area contributed by atoms with Gasteiger partial charge >= 0.3 is 6.01 Å². The second-order valence-electron chi connectivity index (χ2n) is 3.60. The second kappa shape index (κ2) is 4.20. The molecular formula is C10H10N4O3. The van der Waals surface area contributed by atoms with Gasteiger partial charge in [0.1, 0.15) is 0 Å². The number of aromatic nitrogens is 2. The normalized spacial score (nSPS) is 10.2. The van der Waals surface area contributed by atoms with Crippen LogP contribution in [-0.2, 0) is 0 Å². The van der Waals surface area contributed by atoms with Gasteiger partial charge in [0.05, 0.1) is 4.92 Å². The molecule has 0 radical (unpaired) electrons. The molecule has 0 spiro atoms. The average molecular weight is 234 g/mol. The summed E-state index contributed by atoms with van der Waals surface area (Å²) in [5.74, 6) is 0.406. The van der Waals surface area contributed by atoms with Crippen molar-refractivity contribution >= 4 is 11.7 Å². The molecule has 1 heterocycles. The largest absolute Gasteiger partial charge is 0.331 e. The van der Waals surface area contributed by atoms with Crippen molar-refractivity contribution in [3.8, 4) is 11.4 Å². The SMILES string of the molecule is CN(C)c1nc(-c2ccc([N+](=O)[O-])cc2)no1. The molecule has 0 aliphatic rings. The highest BCUT2D eigenvalue weighted by atomic mass is 16.6. The lowest BCUT2D eigenvalue weighted by atomic mass is 10.2. The number of hydrogen-bond acceptors (Lipinski definition) is 6. The third kappa shape index (κ3) is 2.22. The van der Waals surface area contributed by atoms with Gasteiger partial charge in [0.2, 0.25) is 5.82 Å². The Labute approximate surface area is 96.8 Å². The maximum absolute atomic E-state index is 10.5. The molecule has 0 bridgehead atoms. The van der Waals surface area contributed by atoms with Crippen LogP contribution in [0.4, 0.5) is 11.7 Å². The van der Waals surface area contributed by atoms with Crippen LogP contribution in [0.1, 0.15) is 0 Å². The Bertz CT molecular complexity index is 533. The average Bonchev–Trinajstić information content (AvgIpc) is 2.78. The van der Waals surface area contributed by atoms with Crippen molar-refractivity contribution in [3.63, 3.8) is 0 Å². The summed E-state index contributed by atoms with van der Waals surface area (Å²) in [7, 11) is 3.57. The highest BCUT2D eigenvalue weighted by molar-refractivity contribution is 5.57. The summed E-state index contributed by atoms with van der Waals surface area (Å²) in [6.07, 6.45) is 0. The molecule has 0 N–H and O–H groups in total. The topological polar surface area (TPSA) is 85.3 Å². The van der Waals surface area contributed by atoms with Crippen LogP contribution >= 0.6 is 0 Å². The van der Waals surface area contributed by atoms with Crippen molar-refractivity contribution in [1.82, 2.24) is 10.1 Å². The van der Waals surface area contributed by atoms with Crippen LogP contribution in [0.3, 0.4) is 0 Å². The fourth-order valence-corrected chi connectivity index (χ4v) is 1.25. The molecular weight excluding hydrogens is 224 g/mol. The summed E-state index contributed by atoms with van der Waals surface area (Å²) in [4.78, 5) is 15.9. The lowest BCUT2D eigenvalue weighted by molar-refractivity contribution is -0.384. The minimum atomic E-state index is -0.453. The number of nitrogens with zero attached hydrogens (tertiary/aromatic N) is 4. The van der Waals surface area contributed by atoms with Crippen molar-refractivity contribution in [2.75, 3.05) is 19.0 Å². The van der Waals surface area contributed by atoms with Gasteiger partial charge in [-0.05, 0) is 12.1 Å². The Kier molecular flexibility index (Phi) is 2.73. The molecule has 2 rings (SSSR count). The van der Waals surface area contributed by atoms with E-state index in [4.69, 9.17) is 4.52 Å². The molecule has 0 atom stereocenters. The Morgan fingerprint density at radius 1 is 1.29 bits per heavy atom. The lowest BCUT2D eigenvalue weighted by Crippen LogP contribution is -2.08. The van der Waals surface area contributed by atoms with Gasteiger partial charge in [-0.2, -0.15) is 4.98 Å². The van der Waals surface area contributed by atoms with E-state index in [0.717, 1.165) is 0 Å². The van der Waals surface area contributed by atoms with Crippen LogP contribution in [0.5, 0.6) is 0 Å². The van der Waals surface area contributed by atoms with Crippen molar-refractivity contribution in [3.05, 3.63) is 34.4 Å². The number of hydrogen-bond donors (Lipinski definition) is 0. The van der Waals surface area contributed by atoms with Gasteiger partial charge in [-0.3, -0.25) is 10.1 Å². The van der Waals surface area contributed by atoms with E-state index in [0.29, 0.717) is 17.4 Å². The van der Waals surface area contributed by atoms with E-state index in [9.17, 15) is 10.1 Å². The third-order valence-corrected chi connectivity index (χ3v) is 2.13. The minimum Gasteiger partial charge on any atom is -0.331 e. The van der Waals surface area contributed by atoms with Gasteiger partial charge in [-0.15, -0.1) is 0 Å². The van der Waals surface area contributed by atoms with E-state index in [1.807, 2.05) is 0 Å². The van der Waals surface area contributed by atoms with Crippen LogP contribution in [0.25, 0.3) is 11.4 Å². The highest BCUT2D eigenvalue weighted by Gasteiger charge is 2.11. The van der Waals surface area contributed by atoms with E-state index in [2.05, 4.69) is 10.1 Å². The summed E-state index contributed by atoms with van der Waals surface area (Å²) < 4.78 is 4.99. The van der Waals surface area contributed by atoms with Gasteiger partial charge in [0.25, 0.3) is 5.69 Å². The smallest absolute Gasteiger partial charge is 0.323 e. The third-order valence-electron chi connectivity index (χ3n) is 2.13. The number of nitro groups is 1. The predicted octanol–water partition coefficient (Wildman–Crippen LogP) is 1.71. The fraction of sp³-hybridized carbons (Fsp3) is 0.200. The molecule has 0 saturated heterocycles. The van der Waals surface area contributed by atoms with Gasteiger partial charge in [-0.1, -0.05) is 5.16 Å². The predicted molar refractivity (Wildman–Crippen MR) is 60.7 cm³/mol. The highest BCUT2D eigenvalue weighted by Crippen LogP contribution is 2.21. The van der Waals surface area contributed by atoms with Crippen LogP contribution in [0.15, 0.2) is 28.8 Å². The van der Waals surface area contributed by atoms with E-state index in [1.165, 1.54) is 12.1 Å². The molecule has 7 heteroatoms. The van der Waals surface area contributed by atoms with Crippen LogP contribution in [-0.4, -0.2) is 29.2 Å². The van der Waals surface area contributed by atoms with Crippen molar-refractivity contribution < 1.29 is 9.45 Å². The van der Waals surface area contributed by atoms with Gasteiger partial charge < -0.3 is 9.42 Å². The zero-order valence-corrected chi connectivity index (χ0v) is 9.32. The molecule has 1 aromatic heterocycles. The first-order valence-corrected chi connectivity index (χ1v) is 4.84. The van der Waals surface area contributed by atoms with E-state index >= 15 is 0 Å². The summed E-state index contributed by atoms with van der Waals surface area (Å²) >= 11 is 0. The van der Waals surface area contributed by atoms with Gasteiger partial charge in [-0.25, -0.2) is 0 Å². The Morgan fingerprint density at radius 2 is 1.94 bits per heavy atom. The summed E-state index contributed by atoms with van der Waals surface area (Å²) in [6.45, 7) is 0. The molecule has 0 unspecified atom stereocenters. The molecule has 1 aromatic carbocycles. The monoisotopic (exact) mass is 234 g/mol. The Morgan fingerprint density at radius 3 is 2.41 bits per heavy atom. The Hall–Kier alpha value is -2.44. The first-order valence-electron chi connectivity index (χ1n) is 4.84. The quantitative estimate of drug-likeness (QED) is 0.593. The maximum atomic E-state index is 10.5. The molecule has 0 aliphatic carbocycles. The van der Waals surface area contributed by atoms with Crippen LogP contribution in [0, 0.1) is 10.1 Å². The van der Waals surface area contributed by atoms with Gasteiger partial charge in [0, 0.05) is 31.8 Å². The summed E-state index contributed by atoms with van der Waals surface area (Å²) in [5.41, 5.74) is 0.706. The lowest BCUT2D eigenvalue weighted by Gasteiger charge is -2.01. The van der Waals surface area contributed by atoms with Crippen molar-refractivity contribution in [2.45, 2.75) is 0 Å². The maximum Gasteiger partial charge on any atom is 0.323 e. The zero-order chi connectivity index (χ0) is 12.4. The number of non-ortho nitro benzene ring substituents is 1. The number of rotatable bonds is 3. The molecule has 17 heavy (non-hydrogen) atoms. The number of benzene rings is 1. The van der Waals surface area contributed by atoms with Crippen molar-refractivity contribution in [2.24, 2.45) is 0 Å². The molecule has 0 aliphatic heterocycles. The van der Waals surface area contributed by atoms with Gasteiger partial charge in [0.15, 0.2) is 0 Å². The van der Waals surface area contributed by atoms with Crippen molar-refractivity contribution in [1.29, 1.82) is 0 Å².